The molecule has 0 spiro atoms. The lowest BCUT2D eigenvalue weighted by molar-refractivity contribution is -0.133. The second kappa shape index (κ2) is 7.45. The Morgan fingerprint density at radius 3 is 2.76 bits per heavy atom. The minimum atomic E-state index is 0.167. The minimum absolute atomic E-state index is 0.167. The first-order chi connectivity index (χ1) is 8.15. The molecular weight excluding hydrogens is 234 g/mol. The van der Waals surface area contributed by atoms with Gasteiger partial charge in [-0.2, -0.15) is 0 Å². The predicted octanol–water partition coefficient (Wildman–Crippen LogP) is 2.65. The van der Waals surface area contributed by atoms with E-state index in [1.807, 2.05) is 30.2 Å². The van der Waals surface area contributed by atoms with Crippen molar-refractivity contribution < 1.29 is 9.90 Å². The zero-order valence-corrected chi connectivity index (χ0v) is 11.4. The number of nitrogens with zero attached hydrogens (tertiary/aromatic N) is 1. The topological polar surface area (TPSA) is 40.5 Å². The molecule has 96 valence electrons. The second-order valence-corrected chi connectivity index (χ2v) is 5.41. The van der Waals surface area contributed by atoms with E-state index in [1.54, 1.807) is 11.3 Å². The molecule has 1 rings (SSSR count). The molecule has 0 saturated carbocycles. The maximum absolute atomic E-state index is 12.0. The molecule has 4 heteroatoms. The van der Waals surface area contributed by atoms with Gasteiger partial charge >= 0.3 is 0 Å². The monoisotopic (exact) mass is 255 g/mol. The van der Waals surface area contributed by atoms with Crippen molar-refractivity contribution in [1.82, 2.24) is 4.90 Å². The summed E-state index contributed by atoms with van der Waals surface area (Å²) in [5, 5.41) is 10.7. The summed E-state index contributed by atoms with van der Waals surface area (Å²) in [5.74, 6) is 0.182. The van der Waals surface area contributed by atoms with Crippen molar-refractivity contribution in [2.75, 3.05) is 6.61 Å². The fourth-order valence-corrected chi connectivity index (χ4v) is 2.36. The molecule has 1 aromatic heterocycles. The Bertz CT molecular complexity index is 322. The van der Waals surface area contributed by atoms with Crippen molar-refractivity contribution in [2.45, 2.75) is 45.7 Å². The van der Waals surface area contributed by atoms with Crippen molar-refractivity contribution in [3.8, 4) is 0 Å². The van der Waals surface area contributed by atoms with Gasteiger partial charge in [-0.3, -0.25) is 4.79 Å². The molecule has 0 aromatic carbocycles. The molecular formula is C13H21NO2S. The molecule has 0 aliphatic rings. The lowest BCUT2D eigenvalue weighted by Gasteiger charge is -2.26. The number of hydrogen-bond donors (Lipinski definition) is 1. The van der Waals surface area contributed by atoms with Crippen molar-refractivity contribution in [3.63, 3.8) is 0 Å². The van der Waals surface area contributed by atoms with Crippen molar-refractivity contribution in [2.24, 2.45) is 0 Å². The largest absolute Gasteiger partial charge is 0.396 e. The first-order valence-corrected chi connectivity index (χ1v) is 6.96. The zero-order valence-electron chi connectivity index (χ0n) is 10.6. The highest BCUT2D eigenvalue weighted by atomic mass is 32.1. The summed E-state index contributed by atoms with van der Waals surface area (Å²) in [6.45, 7) is 4.95. The molecule has 0 radical (unpaired) electrons. The van der Waals surface area contributed by atoms with Crippen LogP contribution < -0.4 is 0 Å². The molecule has 0 fully saturated rings. The van der Waals surface area contributed by atoms with Crippen LogP contribution in [0, 0.1) is 0 Å². The summed E-state index contributed by atoms with van der Waals surface area (Å²) in [6.07, 6.45) is 2.00. The number of thiophene rings is 1. The Labute approximate surface area is 107 Å². The van der Waals surface area contributed by atoms with Gasteiger partial charge in [0, 0.05) is 23.9 Å². The van der Waals surface area contributed by atoms with E-state index in [0.717, 1.165) is 6.42 Å². The lowest BCUT2D eigenvalue weighted by Crippen LogP contribution is -2.36. The van der Waals surface area contributed by atoms with Gasteiger partial charge in [-0.05, 0) is 38.1 Å². The van der Waals surface area contributed by atoms with E-state index in [-0.39, 0.29) is 18.6 Å². The third kappa shape index (κ3) is 4.88. The maximum Gasteiger partial charge on any atom is 0.223 e. The predicted molar refractivity (Wildman–Crippen MR) is 70.9 cm³/mol. The van der Waals surface area contributed by atoms with Crippen LogP contribution in [0.1, 0.15) is 38.0 Å². The molecule has 3 nitrogen and oxygen atoms in total. The molecule has 0 bridgehead atoms. The smallest absolute Gasteiger partial charge is 0.223 e. The van der Waals surface area contributed by atoms with Gasteiger partial charge < -0.3 is 10.0 Å². The number of aliphatic hydroxyl groups is 1. The van der Waals surface area contributed by atoms with E-state index in [0.29, 0.717) is 19.4 Å². The summed E-state index contributed by atoms with van der Waals surface area (Å²) < 4.78 is 0. The van der Waals surface area contributed by atoms with Crippen LogP contribution in [-0.4, -0.2) is 28.6 Å². The fraction of sp³-hybridized carbons (Fsp3) is 0.615. The summed E-state index contributed by atoms with van der Waals surface area (Å²) in [7, 11) is 0. The molecule has 0 atom stereocenters. The van der Waals surface area contributed by atoms with E-state index in [9.17, 15) is 4.79 Å². The molecule has 0 unspecified atom stereocenters. The number of unbranched alkanes of at least 4 members (excludes halogenated alkanes) is 1. The Kier molecular flexibility index (Phi) is 6.22. The third-order valence-electron chi connectivity index (χ3n) is 2.65. The van der Waals surface area contributed by atoms with E-state index in [2.05, 4.69) is 6.07 Å². The van der Waals surface area contributed by atoms with Crippen molar-refractivity contribution in [3.05, 3.63) is 22.4 Å². The van der Waals surface area contributed by atoms with Crippen LogP contribution in [0.2, 0.25) is 0 Å². The SMILES string of the molecule is CC(C)N(Cc1cccs1)C(=O)CCCCO. The average Bonchev–Trinajstić information content (AvgIpc) is 2.78. The summed E-state index contributed by atoms with van der Waals surface area (Å²) in [5.41, 5.74) is 0. The van der Waals surface area contributed by atoms with Crippen LogP contribution in [0.4, 0.5) is 0 Å². The van der Waals surface area contributed by atoms with E-state index in [4.69, 9.17) is 5.11 Å². The van der Waals surface area contributed by atoms with Gasteiger partial charge in [0.2, 0.25) is 5.91 Å². The van der Waals surface area contributed by atoms with E-state index in [1.165, 1.54) is 4.88 Å². The first kappa shape index (κ1) is 14.2. The van der Waals surface area contributed by atoms with Crippen LogP contribution in [0.25, 0.3) is 0 Å². The average molecular weight is 255 g/mol. The van der Waals surface area contributed by atoms with E-state index >= 15 is 0 Å². The van der Waals surface area contributed by atoms with Gasteiger partial charge in [0.1, 0.15) is 0 Å². The molecule has 17 heavy (non-hydrogen) atoms. The number of aliphatic hydroxyl groups excluding tert-OH is 1. The number of carbonyl (C=O) groups is 1. The first-order valence-electron chi connectivity index (χ1n) is 6.08. The van der Waals surface area contributed by atoms with Gasteiger partial charge in [0.05, 0.1) is 6.54 Å². The van der Waals surface area contributed by atoms with Gasteiger partial charge in [-0.15, -0.1) is 11.3 Å². The molecule has 0 aliphatic heterocycles. The summed E-state index contributed by atoms with van der Waals surface area (Å²) >= 11 is 1.68. The van der Waals surface area contributed by atoms with Crippen LogP contribution in [0.5, 0.6) is 0 Å². The van der Waals surface area contributed by atoms with Gasteiger partial charge in [-0.1, -0.05) is 6.07 Å². The maximum atomic E-state index is 12.0. The van der Waals surface area contributed by atoms with Crippen LogP contribution in [0.3, 0.4) is 0 Å². The number of amides is 1. The Balaban J connectivity index is 2.50. The third-order valence-corrected chi connectivity index (χ3v) is 3.51. The quantitative estimate of drug-likeness (QED) is 0.761. The van der Waals surface area contributed by atoms with Crippen molar-refractivity contribution in [1.29, 1.82) is 0 Å². The molecule has 1 amide bonds. The van der Waals surface area contributed by atoms with Gasteiger partial charge in [0.25, 0.3) is 0 Å². The number of rotatable bonds is 7. The lowest BCUT2D eigenvalue weighted by atomic mass is 10.2. The standard InChI is InChI=1S/C13H21NO2S/c1-11(2)14(10-12-6-5-9-17-12)13(16)7-3-4-8-15/h5-6,9,11,15H,3-4,7-8,10H2,1-2H3. The van der Waals surface area contributed by atoms with Crippen LogP contribution in [0.15, 0.2) is 17.5 Å². The zero-order chi connectivity index (χ0) is 12.7. The Morgan fingerprint density at radius 2 is 2.24 bits per heavy atom. The normalized spacial score (nSPS) is 10.8. The minimum Gasteiger partial charge on any atom is -0.396 e. The highest BCUT2D eigenvalue weighted by molar-refractivity contribution is 7.09. The number of carbonyl (C=O) groups excluding carboxylic acids is 1. The van der Waals surface area contributed by atoms with E-state index < -0.39 is 0 Å². The van der Waals surface area contributed by atoms with Crippen LogP contribution >= 0.6 is 11.3 Å². The molecule has 1 heterocycles. The summed E-state index contributed by atoms with van der Waals surface area (Å²) in [6, 6.07) is 4.29. The Morgan fingerprint density at radius 1 is 1.47 bits per heavy atom. The molecule has 1 N–H and O–H groups in total. The Hall–Kier alpha value is -0.870. The van der Waals surface area contributed by atoms with Gasteiger partial charge in [0.15, 0.2) is 0 Å². The second-order valence-electron chi connectivity index (χ2n) is 4.38. The molecule has 0 aliphatic carbocycles. The highest BCUT2D eigenvalue weighted by Crippen LogP contribution is 2.15. The molecule has 0 saturated heterocycles. The van der Waals surface area contributed by atoms with Crippen LogP contribution in [-0.2, 0) is 11.3 Å². The van der Waals surface area contributed by atoms with Crippen molar-refractivity contribution >= 4 is 17.2 Å². The van der Waals surface area contributed by atoms with Gasteiger partial charge in [-0.25, -0.2) is 0 Å². The highest BCUT2D eigenvalue weighted by Gasteiger charge is 2.16. The summed E-state index contributed by atoms with van der Waals surface area (Å²) in [4.78, 5) is 15.2. The fourth-order valence-electron chi connectivity index (χ4n) is 1.66. The number of hydrogen-bond acceptors (Lipinski definition) is 3. The molecule has 1 aromatic rings.